The Balaban J connectivity index is 1.38. The number of fused-ring (bicyclic) bond motifs is 4. The SMILES string of the molecule is c1ccc(-c2ccc3c(c2)c2cc(-c4ccccc4)c(-c4nc5ccccc5o4)cc2n3-c2cccc(-c3ccccn3)c2)cc1. The molecule has 0 unspecified atom stereocenters. The van der Waals surface area contributed by atoms with Gasteiger partial charge in [-0.2, -0.15) is 0 Å². The van der Waals surface area contributed by atoms with E-state index in [1.165, 1.54) is 16.5 Å². The third-order valence-electron chi connectivity index (χ3n) is 8.69. The molecule has 0 aliphatic carbocycles. The number of hydrogen-bond donors (Lipinski definition) is 0. The molecular weight excluding hydrogens is 562 g/mol. The molecule has 3 aromatic heterocycles. The van der Waals surface area contributed by atoms with Crippen LogP contribution in [0.2, 0.25) is 0 Å². The molecule has 0 fully saturated rings. The summed E-state index contributed by atoms with van der Waals surface area (Å²) in [5, 5.41) is 2.34. The summed E-state index contributed by atoms with van der Waals surface area (Å²) in [4.78, 5) is 9.59. The van der Waals surface area contributed by atoms with E-state index in [2.05, 4.69) is 125 Å². The molecule has 3 heterocycles. The fourth-order valence-corrected chi connectivity index (χ4v) is 6.51. The van der Waals surface area contributed by atoms with Crippen molar-refractivity contribution >= 4 is 32.9 Å². The molecule has 0 amide bonds. The maximum atomic E-state index is 6.41. The van der Waals surface area contributed by atoms with Gasteiger partial charge in [-0.1, -0.05) is 97.1 Å². The summed E-state index contributed by atoms with van der Waals surface area (Å²) in [6.45, 7) is 0. The fraction of sp³-hybridized carbons (Fsp3) is 0. The minimum atomic E-state index is 0.603. The average molecular weight is 590 g/mol. The highest BCUT2D eigenvalue weighted by Crippen LogP contribution is 2.42. The molecule has 4 heteroatoms. The molecule has 4 nitrogen and oxygen atoms in total. The standard InChI is InChI=1S/C42H27N3O/c1-3-12-28(13-4-1)30-21-22-39-34(25-30)35-26-33(29-14-5-2-6-15-29)36(42-44-38-19-7-8-20-41(38)46-42)27-40(35)45(39)32-17-11-16-31(24-32)37-18-9-10-23-43-37/h1-27H. The van der Waals surface area contributed by atoms with E-state index in [1.54, 1.807) is 0 Å². The van der Waals surface area contributed by atoms with Crippen LogP contribution in [0, 0.1) is 0 Å². The van der Waals surface area contributed by atoms with Gasteiger partial charge in [0.05, 0.1) is 16.7 Å². The van der Waals surface area contributed by atoms with Crippen LogP contribution in [-0.4, -0.2) is 14.5 Å². The lowest BCUT2D eigenvalue weighted by molar-refractivity contribution is 0.620. The van der Waals surface area contributed by atoms with Crippen molar-refractivity contribution < 1.29 is 4.42 Å². The van der Waals surface area contributed by atoms with Gasteiger partial charge in [0.2, 0.25) is 5.89 Å². The lowest BCUT2D eigenvalue weighted by Gasteiger charge is -2.12. The zero-order valence-corrected chi connectivity index (χ0v) is 24.8. The van der Waals surface area contributed by atoms with Gasteiger partial charge in [0.15, 0.2) is 5.58 Å². The predicted octanol–water partition coefficient (Wildman–Crippen LogP) is 11.0. The molecule has 0 saturated carbocycles. The first kappa shape index (κ1) is 26.2. The van der Waals surface area contributed by atoms with Crippen molar-refractivity contribution in [2.45, 2.75) is 0 Å². The number of aromatic nitrogens is 3. The summed E-state index contributed by atoms with van der Waals surface area (Å²) in [5.41, 5.74) is 12.4. The second-order valence-electron chi connectivity index (χ2n) is 11.5. The summed E-state index contributed by atoms with van der Waals surface area (Å²) in [6.07, 6.45) is 1.84. The van der Waals surface area contributed by atoms with Crippen LogP contribution in [0.4, 0.5) is 0 Å². The lowest BCUT2D eigenvalue weighted by Crippen LogP contribution is -1.96. The smallest absolute Gasteiger partial charge is 0.228 e. The van der Waals surface area contributed by atoms with Crippen LogP contribution in [0.5, 0.6) is 0 Å². The molecule has 216 valence electrons. The molecular formula is C42H27N3O. The highest BCUT2D eigenvalue weighted by Gasteiger charge is 2.21. The molecule has 0 bridgehead atoms. The number of benzene rings is 6. The Morgan fingerprint density at radius 2 is 1.22 bits per heavy atom. The Hall–Kier alpha value is -6.26. The van der Waals surface area contributed by atoms with Crippen molar-refractivity contribution in [1.82, 2.24) is 14.5 Å². The minimum absolute atomic E-state index is 0.603. The van der Waals surface area contributed by atoms with Gasteiger partial charge in [0, 0.05) is 33.8 Å². The van der Waals surface area contributed by atoms with Crippen LogP contribution >= 0.6 is 0 Å². The van der Waals surface area contributed by atoms with Crippen molar-refractivity contribution in [2.24, 2.45) is 0 Å². The van der Waals surface area contributed by atoms with E-state index < -0.39 is 0 Å². The summed E-state index contributed by atoms with van der Waals surface area (Å²) in [6, 6.07) is 55.0. The van der Waals surface area contributed by atoms with Crippen LogP contribution in [0.1, 0.15) is 0 Å². The number of pyridine rings is 1. The van der Waals surface area contributed by atoms with E-state index in [4.69, 9.17) is 9.40 Å². The van der Waals surface area contributed by atoms with E-state index in [9.17, 15) is 0 Å². The Morgan fingerprint density at radius 3 is 2.02 bits per heavy atom. The monoisotopic (exact) mass is 589 g/mol. The zero-order chi connectivity index (χ0) is 30.5. The molecule has 0 N–H and O–H groups in total. The van der Waals surface area contributed by atoms with Crippen molar-refractivity contribution in [3.63, 3.8) is 0 Å². The molecule has 0 saturated heterocycles. The number of rotatable bonds is 5. The second-order valence-corrected chi connectivity index (χ2v) is 11.5. The van der Waals surface area contributed by atoms with Crippen LogP contribution < -0.4 is 0 Å². The van der Waals surface area contributed by atoms with Gasteiger partial charge in [-0.25, -0.2) is 4.98 Å². The summed E-state index contributed by atoms with van der Waals surface area (Å²) in [7, 11) is 0. The molecule has 0 atom stereocenters. The molecule has 9 rings (SSSR count). The first-order valence-electron chi connectivity index (χ1n) is 15.4. The van der Waals surface area contributed by atoms with E-state index >= 15 is 0 Å². The van der Waals surface area contributed by atoms with Gasteiger partial charge in [0.1, 0.15) is 5.52 Å². The maximum absolute atomic E-state index is 6.41. The second kappa shape index (κ2) is 10.7. The molecule has 0 spiro atoms. The molecule has 9 aromatic rings. The first-order valence-corrected chi connectivity index (χ1v) is 15.4. The lowest BCUT2D eigenvalue weighted by atomic mass is 9.96. The van der Waals surface area contributed by atoms with Gasteiger partial charge < -0.3 is 8.98 Å². The third kappa shape index (κ3) is 4.39. The van der Waals surface area contributed by atoms with Crippen LogP contribution in [-0.2, 0) is 0 Å². The highest BCUT2D eigenvalue weighted by atomic mass is 16.3. The van der Waals surface area contributed by atoms with Crippen LogP contribution in [0.15, 0.2) is 168 Å². The van der Waals surface area contributed by atoms with E-state index in [0.29, 0.717) is 5.89 Å². The molecule has 6 aromatic carbocycles. The van der Waals surface area contributed by atoms with E-state index in [-0.39, 0.29) is 0 Å². The first-order chi connectivity index (χ1) is 22.8. The fourth-order valence-electron chi connectivity index (χ4n) is 6.51. The van der Waals surface area contributed by atoms with Crippen molar-refractivity contribution in [2.75, 3.05) is 0 Å². The summed E-state index contributed by atoms with van der Waals surface area (Å²) < 4.78 is 8.76. The van der Waals surface area contributed by atoms with Gasteiger partial charge in [-0.15, -0.1) is 0 Å². The van der Waals surface area contributed by atoms with Gasteiger partial charge in [-0.3, -0.25) is 4.98 Å². The van der Waals surface area contributed by atoms with Crippen molar-refractivity contribution in [3.05, 3.63) is 164 Å². The summed E-state index contributed by atoms with van der Waals surface area (Å²) in [5.74, 6) is 0.603. The van der Waals surface area contributed by atoms with Gasteiger partial charge >= 0.3 is 0 Å². The van der Waals surface area contributed by atoms with E-state index in [0.717, 1.165) is 61.2 Å². The quantitative estimate of drug-likeness (QED) is 0.201. The topological polar surface area (TPSA) is 43.9 Å². The Labute approximate surface area is 265 Å². The minimum Gasteiger partial charge on any atom is -0.436 e. The van der Waals surface area contributed by atoms with Gasteiger partial charge in [0.25, 0.3) is 0 Å². The Bertz CT molecular complexity index is 2480. The maximum Gasteiger partial charge on any atom is 0.228 e. The van der Waals surface area contributed by atoms with E-state index in [1.807, 2.05) is 48.7 Å². The number of hydrogen-bond acceptors (Lipinski definition) is 3. The zero-order valence-electron chi connectivity index (χ0n) is 24.8. The highest BCUT2D eigenvalue weighted by molar-refractivity contribution is 6.13. The Morgan fingerprint density at radius 1 is 0.478 bits per heavy atom. The molecule has 0 aliphatic heterocycles. The third-order valence-corrected chi connectivity index (χ3v) is 8.69. The van der Waals surface area contributed by atoms with Crippen LogP contribution in [0.3, 0.4) is 0 Å². The number of para-hydroxylation sites is 2. The number of oxazole rings is 1. The summed E-state index contributed by atoms with van der Waals surface area (Å²) >= 11 is 0. The van der Waals surface area contributed by atoms with Crippen LogP contribution in [0.25, 0.3) is 83.6 Å². The normalized spacial score (nSPS) is 11.5. The van der Waals surface area contributed by atoms with Crippen molar-refractivity contribution in [1.29, 1.82) is 0 Å². The number of nitrogens with zero attached hydrogens (tertiary/aromatic N) is 3. The molecule has 46 heavy (non-hydrogen) atoms. The van der Waals surface area contributed by atoms with Gasteiger partial charge in [-0.05, 0) is 82.9 Å². The largest absolute Gasteiger partial charge is 0.436 e. The predicted molar refractivity (Wildman–Crippen MR) is 188 cm³/mol. The molecule has 0 aliphatic rings. The average Bonchev–Trinajstić information content (AvgIpc) is 3.71. The Kier molecular flexibility index (Phi) is 6.10. The molecule has 0 radical (unpaired) electrons. The van der Waals surface area contributed by atoms with Crippen molar-refractivity contribution in [3.8, 4) is 50.7 Å².